The molecule has 0 saturated heterocycles. The Morgan fingerprint density at radius 3 is 1.54 bits per heavy atom. The van der Waals surface area contributed by atoms with Gasteiger partial charge in [0.25, 0.3) is 0 Å². The molecule has 4 nitrogen and oxygen atoms in total. The summed E-state index contributed by atoms with van der Waals surface area (Å²) >= 11 is 0. The summed E-state index contributed by atoms with van der Waals surface area (Å²) in [6.45, 7) is 10.9. The monoisotopic (exact) mass is 362 g/mol. The molecule has 0 heterocycles. The van der Waals surface area contributed by atoms with Crippen LogP contribution in [0, 0.1) is 11.8 Å². The number of hydrogen-bond acceptors (Lipinski definition) is 4. The first-order chi connectivity index (χ1) is 11.5. The highest BCUT2D eigenvalue weighted by atomic mass is 31.2. The van der Waals surface area contributed by atoms with Crippen molar-refractivity contribution >= 4 is 13.1 Å². The van der Waals surface area contributed by atoms with Crippen LogP contribution in [-0.2, 0) is 18.4 Å². The van der Waals surface area contributed by atoms with E-state index in [0.717, 1.165) is 51.4 Å². The van der Waals surface area contributed by atoms with Gasteiger partial charge in [0.05, 0.1) is 13.2 Å². The van der Waals surface area contributed by atoms with Gasteiger partial charge in [0.2, 0.25) is 5.52 Å². The summed E-state index contributed by atoms with van der Waals surface area (Å²) < 4.78 is 24.2. The second-order valence-corrected chi connectivity index (χ2v) is 8.68. The molecule has 0 bridgehead atoms. The van der Waals surface area contributed by atoms with Crippen LogP contribution in [0.5, 0.6) is 0 Å². The molecule has 0 aliphatic rings. The van der Waals surface area contributed by atoms with Gasteiger partial charge in [-0.25, -0.2) is 0 Å². The summed E-state index contributed by atoms with van der Waals surface area (Å²) in [5, 5.41) is 0. The standard InChI is InChI=1S/C19H39O4P/c1-6-11-13-17(8-3)15-22-24(21,19(20)10-5)23-16-18(9-4)14-12-7-2/h17-18H,6-16H2,1-5H3. The summed E-state index contributed by atoms with van der Waals surface area (Å²) in [5.74, 6) is 0.683. The molecule has 5 heteroatoms. The van der Waals surface area contributed by atoms with E-state index >= 15 is 0 Å². The van der Waals surface area contributed by atoms with Gasteiger partial charge in [-0.1, -0.05) is 73.1 Å². The van der Waals surface area contributed by atoms with Gasteiger partial charge in [-0.2, -0.15) is 0 Å². The molecule has 144 valence electrons. The molecule has 0 aromatic carbocycles. The number of hydrogen-bond donors (Lipinski definition) is 0. The zero-order chi connectivity index (χ0) is 18.4. The van der Waals surface area contributed by atoms with E-state index in [1.54, 1.807) is 6.92 Å². The van der Waals surface area contributed by atoms with E-state index in [-0.39, 0.29) is 6.42 Å². The van der Waals surface area contributed by atoms with Crippen LogP contribution in [0.1, 0.15) is 92.4 Å². The lowest BCUT2D eigenvalue weighted by atomic mass is 10.0. The lowest BCUT2D eigenvalue weighted by molar-refractivity contribution is -0.113. The SMILES string of the molecule is CCCCC(CC)COP(=O)(OCC(CC)CCCC)C(=O)CC. The molecular formula is C19H39O4P. The van der Waals surface area contributed by atoms with E-state index in [1.807, 2.05) is 0 Å². The fourth-order valence-electron chi connectivity index (χ4n) is 2.58. The highest BCUT2D eigenvalue weighted by Crippen LogP contribution is 2.51. The van der Waals surface area contributed by atoms with Crippen molar-refractivity contribution in [1.29, 1.82) is 0 Å². The Balaban J connectivity index is 4.70. The van der Waals surface area contributed by atoms with Crippen molar-refractivity contribution in [2.24, 2.45) is 11.8 Å². The Hall–Kier alpha value is -0.180. The average molecular weight is 362 g/mol. The zero-order valence-electron chi connectivity index (χ0n) is 16.5. The fraction of sp³-hybridized carbons (Fsp3) is 0.947. The molecule has 0 aliphatic heterocycles. The maximum Gasteiger partial charge on any atom is 0.396 e. The van der Waals surface area contributed by atoms with Crippen molar-refractivity contribution in [3.05, 3.63) is 0 Å². The lowest BCUT2D eigenvalue weighted by Gasteiger charge is -2.23. The largest absolute Gasteiger partial charge is 0.396 e. The number of unbranched alkanes of at least 4 members (excludes halogenated alkanes) is 2. The zero-order valence-corrected chi connectivity index (χ0v) is 17.4. The van der Waals surface area contributed by atoms with Crippen LogP contribution in [0.2, 0.25) is 0 Å². The normalized spacial score (nSPS) is 16.5. The molecule has 0 radical (unpaired) electrons. The van der Waals surface area contributed by atoms with Gasteiger partial charge in [-0.15, -0.1) is 0 Å². The van der Waals surface area contributed by atoms with E-state index in [1.165, 1.54) is 0 Å². The summed E-state index contributed by atoms with van der Waals surface area (Å²) in [4.78, 5) is 12.2. The Kier molecular flexibility index (Phi) is 13.9. The van der Waals surface area contributed by atoms with Crippen LogP contribution in [0.3, 0.4) is 0 Å². The summed E-state index contributed by atoms with van der Waals surface area (Å²) in [6, 6.07) is 0. The van der Waals surface area contributed by atoms with Gasteiger partial charge in [-0.05, 0) is 24.7 Å². The summed E-state index contributed by atoms with van der Waals surface area (Å²) in [5.41, 5.74) is -0.391. The average Bonchev–Trinajstić information content (AvgIpc) is 2.61. The van der Waals surface area contributed by atoms with E-state index in [2.05, 4.69) is 27.7 Å². The molecule has 0 rings (SSSR count). The third kappa shape index (κ3) is 9.34. The van der Waals surface area contributed by atoms with Crippen LogP contribution in [-0.4, -0.2) is 18.7 Å². The summed E-state index contributed by atoms with van der Waals surface area (Å²) in [6.07, 6.45) is 8.73. The molecule has 2 unspecified atom stereocenters. The quantitative estimate of drug-likeness (QED) is 0.291. The van der Waals surface area contributed by atoms with Gasteiger partial charge >= 0.3 is 7.60 Å². The van der Waals surface area contributed by atoms with Crippen LogP contribution in [0.25, 0.3) is 0 Å². The van der Waals surface area contributed by atoms with Crippen molar-refractivity contribution < 1.29 is 18.4 Å². The molecule has 0 aliphatic carbocycles. The topological polar surface area (TPSA) is 52.6 Å². The molecule has 0 spiro atoms. The molecule has 0 fully saturated rings. The Morgan fingerprint density at radius 1 is 0.833 bits per heavy atom. The minimum absolute atomic E-state index is 0.189. The Labute approximate surface area is 149 Å². The third-order valence-corrected chi connectivity index (χ3v) is 6.56. The predicted octanol–water partition coefficient (Wildman–Crippen LogP) is 6.58. The first-order valence-electron chi connectivity index (χ1n) is 9.89. The molecule has 0 aromatic heterocycles. The molecular weight excluding hydrogens is 323 g/mol. The minimum Gasteiger partial charge on any atom is -0.303 e. The first-order valence-corrected chi connectivity index (χ1v) is 11.4. The Morgan fingerprint density at radius 2 is 1.25 bits per heavy atom. The van der Waals surface area contributed by atoms with Crippen LogP contribution >= 0.6 is 7.60 Å². The third-order valence-electron chi connectivity index (χ3n) is 4.65. The van der Waals surface area contributed by atoms with Crippen molar-refractivity contribution in [3.8, 4) is 0 Å². The maximum absolute atomic E-state index is 12.9. The van der Waals surface area contributed by atoms with E-state index in [4.69, 9.17) is 9.05 Å². The number of rotatable bonds is 16. The smallest absolute Gasteiger partial charge is 0.303 e. The van der Waals surface area contributed by atoms with Crippen molar-refractivity contribution in [2.45, 2.75) is 92.4 Å². The molecule has 24 heavy (non-hydrogen) atoms. The second-order valence-electron chi connectivity index (χ2n) is 6.67. The molecule has 0 aromatic rings. The highest BCUT2D eigenvalue weighted by Gasteiger charge is 2.34. The van der Waals surface area contributed by atoms with E-state index < -0.39 is 13.1 Å². The second kappa shape index (κ2) is 14.0. The minimum atomic E-state index is -3.65. The highest BCUT2D eigenvalue weighted by molar-refractivity contribution is 7.71. The molecule has 0 amide bonds. The molecule has 0 N–H and O–H groups in total. The number of carbonyl (C=O) groups is 1. The fourth-order valence-corrected chi connectivity index (χ4v) is 4.14. The van der Waals surface area contributed by atoms with Crippen molar-refractivity contribution in [1.82, 2.24) is 0 Å². The summed E-state index contributed by atoms with van der Waals surface area (Å²) in [7, 11) is -3.65. The molecule has 2 atom stereocenters. The van der Waals surface area contributed by atoms with Crippen LogP contribution < -0.4 is 0 Å². The van der Waals surface area contributed by atoms with Crippen LogP contribution in [0.15, 0.2) is 0 Å². The van der Waals surface area contributed by atoms with Gasteiger partial charge in [0, 0.05) is 6.42 Å². The van der Waals surface area contributed by atoms with Crippen LogP contribution in [0.4, 0.5) is 0 Å². The van der Waals surface area contributed by atoms with E-state index in [0.29, 0.717) is 25.0 Å². The molecule has 0 saturated carbocycles. The maximum atomic E-state index is 12.9. The van der Waals surface area contributed by atoms with Gasteiger partial charge in [-0.3, -0.25) is 9.36 Å². The van der Waals surface area contributed by atoms with Gasteiger partial charge < -0.3 is 9.05 Å². The van der Waals surface area contributed by atoms with Crippen molar-refractivity contribution in [3.63, 3.8) is 0 Å². The predicted molar refractivity (Wildman–Crippen MR) is 101 cm³/mol. The first kappa shape index (κ1) is 23.8. The Bertz CT molecular complexity index is 346. The number of carbonyl (C=O) groups excluding carboxylic acids is 1. The lowest BCUT2D eigenvalue weighted by Crippen LogP contribution is -2.15. The van der Waals surface area contributed by atoms with Crippen molar-refractivity contribution in [2.75, 3.05) is 13.2 Å². The van der Waals surface area contributed by atoms with Gasteiger partial charge in [0.1, 0.15) is 0 Å². The van der Waals surface area contributed by atoms with Gasteiger partial charge in [0.15, 0.2) is 0 Å². The van der Waals surface area contributed by atoms with E-state index in [9.17, 15) is 9.36 Å².